The van der Waals surface area contributed by atoms with E-state index in [4.69, 9.17) is 22.7 Å². The van der Waals surface area contributed by atoms with Crippen LogP contribution in [-0.2, 0) is 11.2 Å². The van der Waals surface area contributed by atoms with Crippen molar-refractivity contribution in [3.8, 4) is 0 Å². The molecule has 5 nitrogen and oxygen atoms in total. The highest BCUT2D eigenvalue weighted by molar-refractivity contribution is 7.80. The number of carbonyl (C=O) groups is 1. The van der Waals surface area contributed by atoms with Gasteiger partial charge in [0, 0.05) is 5.69 Å². The van der Waals surface area contributed by atoms with Crippen molar-refractivity contribution < 1.29 is 9.53 Å². The van der Waals surface area contributed by atoms with Crippen molar-refractivity contribution in [2.24, 2.45) is 5.73 Å². The summed E-state index contributed by atoms with van der Waals surface area (Å²) in [4.78, 5) is 13.4. The fourth-order valence-electron chi connectivity index (χ4n) is 1.96. The van der Waals surface area contributed by atoms with Crippen LogP contribution in [0.25, 0.3) is 0 Å². The lowest BCUT2D eigenvalue weighted by Crippen LogP contribution is -2.37. The third-order valence-corrected chi connectivity index (χ3v) is 3.18. The number of anilines is 1. The summed E-state index contributed by atoms with van der Waals surface area (Å²) < 4.78 is 5.24. The topological polar surface area (TPSA) is 67.6 Å². The van der Waals surface area contributed by atoms with Crippen molar-refractivity contribution in [1.29, 1.82) is 0 Å². The molecule has 0 bridgehead atoms. The number of benzene rings is 1. The van der Waals surface area contributed by atoms with Crippen molar-refractivity contribution in [3.63, 3.8) is 0 Å². The molecule has 1 amide bonds. The maximum Gasteiger partial charge on any atom is 0.414 e. The second-order valence-corrected chi connectivity index (χ2v) is 4.82. The van der Waals surface area contributed by atoms with Crippen LogP contribution in [0.2, 0.25) is 0 Å². The van der Waals surface area contributed by atoms with Gasteiger partial charge in [-0.1, -0.05) is 19.1 Å². The Balaban J connectivity index is 2.00. The molecule has 1 aliphatic heterocycles. The van der Waals surface area contributed by atoms with E-state index in [0.29, 0.717) is 13.1 Å². The molecule has 0 aliphatic carbocycles. The van der Waals surface area contributed by atoms with E-state index in [1.165, 1.54) is 5.56 Å². The number of rotatable bonds is 4. The fraction of sp³-hybridized carbons (Fsp3) is 0.385. The van der Waals surface area contributed by atoms with Gasteiger partial charge < -0.3 is 15.8 Å². The number of hydrogen-bond donors (Lipinski definition) is 2. The maximum absolute atomic E-state index is 11.8. The van der Waals surface area contributed by atoms with Crippen molar-refractivity contribution in [2.45, 2.75) is 19.4 Å². The average Bonchev–Trinajstić information content (AvgIpc) is 2.78. The molecule has 0 saturated carbocycles. The lowest BCUT2D eigenvalue weighted by atomic mass is 10.1. The van der Waals surface area contributed by atoms with Crippen LogP contribution in [-0.4, -0.2) is 30.4 Å². The molecule has 102 valence electrons. The second kappa shape index (κ2) is 5.88. The molecule has 1 saturated heterocycles. The van der Waals surface area contributed by atoms with Crippen molar-refractivity contribution in [2.75, 3.05) is 18.0 Å². The molecule has 0 radical (unpaired) electrons. The molecule has 1 aromatic rings. The number of hydrogen-bond acceptors (Lipinski definition) is 3. The molecular weight excluding hydrogens is 262 g/mol. The summed E-state index contributed by atoms with van der Waals surface area (Å²) in [5.74, 6) is 0. The molecule has 0 aromatic heterocycles. The Morgan fingerprint density at radius 1 is 1.53 bits per heavy atom. The van der Waals surface area contributed by atoms with Crippen LogP contribution in [0.1, 0.15) is 12.5 Å². The minimum atomic E-state index is -0.334. The number of amides is 1. The lowest BCUT2D eigenvalue weighted by molar-refractivity contribution is 0.143. The zero-order valence-corrected chi connectivity index (χ0v) is 11.6. The molecule has 0 unspecified atom stereocenters. The standard InChI is InChI=1S/C13H17N3O2S/c1-2-9-3-5-10(6-4-9)16-8-11(18-13(16)17)7-15-12(14)19/h3-6,11H,2,7-8H2,1H3,(H3,14,15,19)/t11-/m0/s1. The summed E-state index contributed by atoms with van der Waals surface area (Å²) in [7, 11) is 0. The van der Waals surface area contributed by atoms with E-state index in [1.807, 2.05) is 24.3 Å². The van der Waals surface area contributed by atoms with E-state index in [2.05, 4.69) is 12.2 Å². The van der Waals surface area contributed by atoms with Gasteiger partial charge in [0.25, 0.3) is 0 Å². The minimum Gasteiger partial charge on any atom is -0.442 e. The lowest BCUT2D eigenvalue weighted by Gasteiger charge is -2.13. The highest BCUT2D eigenvalue weighted by Crippen LogP contribution is 2.21. The average molecular weight is 279 g/mol. The summed E-state index contributed by atoms with van der Waals surface area (Å²) in [6.45, 7) is 3.03. The van der Waals surface area contributed by atoms with E-state index in [9.17, 15) is 4.79 Å². The Morgan fingerprint density at radius 2 is 2.21 bits per heavy atom. The fourth-order valence-corrected chi connectivity index (χ4v) is 2.05. The summed E-state index contributed by atoms with van der Waals surface area (Å²) in [5.41, 5.74) is 7.44. The van der Waals surface area contributed by atoms with E-state index in [-0.39, 0.29) is 17.3 Å². The smallest absolute Gasteiger partial charge is 0.414 e. The molecule has 1 aliphatic rings. The Hall–Kier alpha value is -1.82. The summed E-state index contributed by atoms with van der Waals surface area (Å²) in [6, 6.07) is 7.90. The summed E-state index contributed by atoms with van der Waals surface area (Å²) >= 11 is 4.72. The third-order valence-electron chi connectivity index (χ3n) is 3.03. The zero-order chi connectivity index (χ0) is 13.8. The van der Waals surface area contributed by atoms with Gasteiger partial charge in [-0.05, 0) is 36.3 Å². The van der Waals surface area contributed by atoms with Gasteiger partial charge in [0.15, 0.2) is 5.11 Å². The molecule has 1 aromatic carbocycles. The van der Waals surface area contributed by atoms with Crippen LogP contribution in [0.15, 0.2) is 24.3 Å². The third kappa shape index (κ3) is 3.35. The first kappa shape index (κ1) is 13.6. The second-order valence-electron chi connectivity index (χ2n) is 4.38. The highest BCUT2D eigenvalue weighted by Gasteiger charge is 2.32. The first-order valence-electron chi connectivity index (χ1n) is 6.20. The molecule has 2 rings (SSSR count). The molecule has 3 N–H and O–H groups in total. The number of cyclic esters (lactones) is 1. The Bertz CT molecular complexity index is 475. The van der Waals surface area contributed by atoms with Gasteiger partial charge in [-0.2, -0.15) is 0 Å². The predicted octanol–water partition coefficient (Wildman–Crippen LogP) is 1.41. The summed E-state index contributed by atoms with van der Waals surface area (Å²) in [6.07, 6.45) is 0.407. The SMILES string of the molecule is CCc1ccc(N2C[C@H](CNC(N)=S)OC2=O)cc1. The van der Waals surface area contributed by atoms with Gasteiger partial charge in [-0.25, -0.2) is 4.79 Å². The van der Waals surface area contributed by atoms with Crippen LogP contribution in [0.4, 0.5) is 10.5 Å². The number of nitrogens with two attached hydrogens (primary N) is 1. The van der Waals surface area contributed by atoms with Gasteiger partial charge in [-0.3, -0.25) is 4.90 Å². The van der Waals surface area contributed by atoms with E-state index in [0.717, 1.165) is 12.1 Å². The molecule has 6 heteroatoms. The van der Waals surface area contributed by atoms with Gasteiger partial charge in [0.2, 0.25) is 0 Å². The first-order chi connectivity index (χ1) is 9.10. The van der Waals surface area contributed by atoms with Crippen LogP contribution in [0.5, 0.6) is 0 Å². The van der Waals surface area contributed by atoms with Crippen LogP contribution in [0.3, 0.4) is 0 Å². The number of thiocarbonyl (C=S) groups is 1. The van der Waals surface area contributed by atoms with Gasteiger partial charge >= 0.3 is 6.09 Å². The minimum absolute atomic E-state index is 0.210. The molecule has 1 heterocycles. The Labute approximate surface area is 117 Å². The maximum atomic E-state index is 11.8. The zero-order valence-electron chi connectivity index (χ0n) is 10.8. The Kier molecular flexibility index (Phi) is 4.21. The van der Waals surface area contributed by atoms with Crippen LogP contribution in [0, 0.1) is 0 Å². The molecule has 0 spiro atoms. The van der Waals surface area contributed by atoms with Crippen molar-refractivity contribution in [3.05, 3.63) is 29.8 Å². The predicted molar refractivity (Wildman–Crippen MR) is 78.2 cm³/mol. The monoisotopic (exact) mass is 279 g/mol. The van der Waals surface area contributed by atoms with Crippen molar-refractivity contribution >= 4 is 29.1 Å². The van der Waals surface area contributed by atoms with E-state index >= 15 is 0 Å². The van der Waals surface area contributed by atoms with Gasteiger partial charge in [-0.15, -0.1) is 0 Å². The number of ether oxygens (including phenoxy) is 1. The van der Waals surface area contributed by atoms with Crippen LogP contribution >= 0.6 is 12.2 Å². The molecule has 1 fully saturated rings. The van der Waals surface area contributed by atoms with Gasteiger partial charge in [0.1, 0.15) is 6.10 Å². The van der Waals surface area contributed by atoms with Gasteiger partial charge in [0.05, 0.1) is 13.1 Å². The highest BCUT2D eigenvalue weighted by atomic mass is 32.1. The number of aryl methyl sites for hydroxylation is 1. The quantitative estimate of drug-likeness (QED) is 0.816. The number of carbonyl (C=O) groups excluding carboxylic acids is 1. The number of nitrogens with zero attached hydrogens (tertiary/aromatic N) is 1. The normalized spacial score (nSPS) is 18.3. The largest absolute Gasteiger partial charge is 0.442 e. The molecule has 19 heavy (non-hydrogen) atoms. The van der Waals surface area contributed by atoms with E-state index < -0.39 is 0 Å². The Morgan fingerprint density at radius 3 is 2.79 bits per heavy atom. The van der Waals surface area contributed by atoms with Crippen molar-refractivity contribution in [1.82, 2.24) is 5.32 Å². The first-order valence-corrected chi connectivity index (χ1v) is 6.61. The summed E-state index contributed by atoms with van der Waals surface area (Å²) in [5, 5.41) is 3.01. The molecular formula is C13H17N3O2S. The molecule has 1 atom stereocenters. The van der Waals surface area contributed by atoms with E-state index in [1.54, 1.807) is 4.90 Å². The number of nitrogens with one attached hydrogen (secondary N) is 1. The van der Waals surface area contributed by atoms with Crippen LogP contribution < -0.4 is 16.0 Å².